The summed E-state index contributed by atoms with van der Waals surface area (Å²) in [5.41, 5.74) is 5.48. The van der Waals surface area contributed by atoms with Crippen LogP contribution in [-0.4, -0.2) is 14.3 Å². The van der Waals surface area contributed by atoms with Crippen molar-refractivity contribution in [2.75, 3.05) is 0 Å². The molecule has 0 fully saturated rings. The first-order valence-electron chi connectivity index (χ1n) is 7.16. The van der Waals surface area contributed by atoms with Gasteiger partial charge in [-0.25, -0.2) is 4.98 Å². The van der Waals surface area contributed by atoms with E-state index in [-0.39, 0.29) is 10.6 Å². The molecule has 0 atom stereocenters. The zero-order valence-electron chi connectivity index (χ0n) is 12.6. The second-order valence-corrected chi connectivity index (χ2v) is 6.62. The largest absolute Gasteiger partial charge is 0.290 e. The maximum Gasteiger partial charge on any atom is 0.270 e. The molecule has 0 saturated heterocycles. The number of hydrogen-bond acceptors (Lipinski definition) is 4. The van der Waals surface area contributed by atoms with Gasteiger partial charge in [0.05, 0.1) is 20.8 Å². The van der Waals surface area contributed by atoms with E-state index in [1.807, 2.05) is 10.6 Å². The molecule has 2 aromatic heterocycles. The number of nitro benzene ring substituents is 1. The fraction of sp³-hybridized carbons (Fsp3) is 0.118. The molecule has 0 spiro atoms. The third-order valence-corrected chi connectivity index (χ3v) is 4.98. The molecule has 0 amide bonds. The van der Waals surface area contributed by atoms with Crippen molar-refractivity contribution in [1.82, 2.24) is 9.38 Å². The molecule has 0 unspecified atom stereocenters. The molecule has 0 saturated carbocycles. The van der Waals surface area contributed by atoms with E-state index in [2.05, 4.69) is 32.0 Å². The highest BCUT2D eigenvalue weighted by Crippen LogP contribution is 2.32. The molecular formula is C17H13N3O2S. The molecule has 0 aliphatic rings. The molecule has 2 heterocycles. The molecular weight excluding hydrogens is 310 g/mol. The second-order valence-electron chi connectivity index (χ2n) is 5.61. The molecule has 0 bridgehead atoms. The number of non-ortho nitro benzene ring substituents is 1. The van der Waals surface area contributed by atoms with Crippen molar-refractivity contribution in [3.63, 3.8) is 0 Å². The lowest BCUT2D eigenvalue weighted by Gasteiger charge is -2.03. The minimum absolute atomic E-state index is 0.108. The van der Waals surface area contributed by atoms with Crippen LogP contribution in [0.1, 0.15) is 11.1 Å². The number of nitrogens with zero attached hydrogens (tertiary/aromatic N) is 3. The molecule has 6 heteroatoms. The predicted octanol–water partition coefficient (Wildman–Crippen LogP) is 4.74. The van der Waals surface area contributed by atoms with Crippen LogP contribution in [0, 0.1) is 24.0 Å². The molecule has 0 N–H and O–H groups in total. The number of thiazole rings is 1. The summed E-state index contributed by atoms with van der Waals surface area (Å²) in [6.45, 7) is 4.14. The minimum Gasteiger partial charge on any atom is -0.290 e. The van der Waals surface area contributed by atoms with E-state index in [0.29, 0.717) is 0 Å². The monoisotopic (exact) mass is 323 g/mol. The summed E-state index contributed by atoms with van der Waals surface area (Å²) in [6.07, 6.45) is 2.00. The van der Waals surface area contributed by atoms with Crippen molar-refractivity contribution in [2.45, 2.75) is 13.8 Å². The van der Waals surface area contributed by atoms with Crippen LogP contribution in [0.25, 0.3) is 26.4 Å². The number of nitro groups is 1. The Labute approximate surface area is 136 Å². The molecule has 5 nitrogen and oxygen atoms in total. The maximum atomic E-state index is 10.9. The molecule has 0 radical (unpaired) electrons. The van der Waals surface area contributed by atoms with Crippen molar-refractivity contribution in [2.24, 2.45) is 0 Å². The fourth-order valence-electron chi connectivity index (χ4n) is 2.74. The highest BCUT2D eigenvalue weighted by molar-refractivity contribution is 7.23. The zero-order valence-corrected chi connectivity index (χ0v) is 13.4. The van der Waals surface area contributed by atoms with Gasteiger partial charge in [-0.15, -0.1) is 0 Å². The van der Waals surface area contributed by atoms with E-state index in [1.165, 1.54) is 28.5 Å². The average Bonchev–Trinajstić information content (AvgIpc) is 3.06. The van der Waals surface area contributed by atoms with Gasteiger partial charge in [0.25, 0.3) is 5.69 Å². The van der Waals surface area contributed by atoms with Gasteiger partial charge >= 0.3 is 0 Å². The van der Waals surface area contributed by atoms with Crippen molar-refractivity contribution in [3.05, 3.63) is 63.8 Å². The lowest BCUT2D eigenvalue weighted by atomic mass is 10.0. The SMILES string of the molecule is Cc1ccc(C)c(-c2cn3c(n2)sc2cc([N+](=O)[O-])ccc23)c1. The summed E-state index contributed by atoms with van der Waals surface area (Å²) in [7, 11) is 0. The fourth-order valence-corrected chi connectivity index (χ4v) is 3.79. The summed E-state index contributed by atoms with van der Waals surface area (Å²) >= 11 is 1.47. The number of aromatic nitrogens is 2. The quantitative estimate of drug-likeness (QED) is 0.395. The van der Waals surface area contributed by atoms with Crippen LogP contribution in [-0.2, 0) is 0 Å². The first-order valence-corrected chi connectivity index (χ1v) is 7.98. The van der Waals surface area contributed by atoms with Crippen LogP contribution < -0.4 is 0 Å². The van der Waals surface area contributed by atoms with Gasteiger partial charge < -0.3 is 0 Å². The van der Waals surface area contributed by atoms with E-state index >= 15 is 0 Å². The Morgan fingerprint density at radius 1 is 1.17 bits per heavy atom. The number of fused-ring (bicyclic) bond motifs is 3. The van der Waals surface area contributed by atoms with Crippen molar-refractivity contribution in [3.8, 4) is 11.3 Å². The maximum absolute atomic E-state index is 10.9. The van der Waals surface area contributed by atoms with E-state index in [0.717, 1.165) is 26.4 Å². The standard InChI is InChI=1S/C17H13N3O2S/c1-10-3-4-11(2)13(7-10)14-9-19-15-6-5-12(20(21)22)8-16(15)23-17(19)18-14/h3-9H,1-2H3. The number of imidazole rings is 1. The lowest BCUT2D eigenvalue weighted by molar-refractivity contribution is -0.384. The summed E-state index contributed by atoms with van der Waals surface area (Å²) < 4.78 is 2.87. The summed E-state index contributed by atoms with van der Waals surface area (Å²) in [5, 5.41) is 10.9. The molecule has 0 aliphatic heterocycles. The number of hydrogen-bond donors (Lipinski definition) is 0. The highest BCUT2D eigenvalue weighted by atomic mass is 32.1. The molecule has 0 aliphatic carbocycles. The van der Waals surface area contributed by atoms with Gasteiger partial charge in [-0.1, -0.05) is 29.0 Å². The molecule has 23 heavy (non-hydrogen) atoms. The van der Waals surface area contributed by atoms with Crippen LogP contribution >= 0.6 is 11.3 Å². The van der Waals surface area contributed by atoms with Gasteiger partial charge in [-0.3, -0.25) is 14.5 Å². The normalized spacial score (nSPS) is 11.4. The molecule has 2 aromatic carbocycles. The second kappa shape index (κ2) is 4.89. The van der Waals surface area contributed by atoms with E-state index < -0.39 is 0 Å². The Balaban J connectivity index is 1.92. The average molecular weight is 323 g/mol. The Hall–Kier alpha value is -2.73. The Morgan fingerprint density at radius 2 is 2.00 bits per heavy atom. The summed E-state index contributed by atoms with van der Waals surface area (Å²) in [5.74, 6) is 0. The van der Waals surface area contributed by atoms with Gasteiger partial charge in [0.1, 0.15) is 0 Å². The van der Waals surface area contributed by atoms with Gasteiger partial charge in [0.2, 0.25) is 0 Å². The van der Waals surface area contributed by atoms with Crippen LogP contribution in [0.5, 0.6) is 0 Å². The number of aryl methyl sites for hydroxylation is 2. The molecule has 4 aromatic rings. The Kier molecular flexibility index (Phi) is 2.96. The third-order valence-electron chi connectivity index (χ3n) is 3.96. The van der Waals surface area contributed by atoms with Gasteiger partial charge in [-0.2, -0.15) is 0 Å². The topological polar surface area (TPSA) is 60.4 Å². The van der Waals surface area contributed by atoms with E-state index in [9.17, 15) is 10.1 Å². The smallest absolute Gasteiger partial charge is 0.270 e. The molecule has 114 valence electrons. The van der Waals surface area contributed by atoms with E-state index in [1.54, 1.807) is 12.1 Å². The first kappa shape index (κ1) is 13.9. The third kappa shape index (κ3) is 2.19. The number of benzene rings is 2. The first-order chi connectivity index (χ1) is 11.0. The van der Waals surface area contributed by atoms with Crippen LogP contribution in [0.15, 0.2) is 42.6 Å². The van der Waals surface area contributed by atoms with Crippen molar-refractivity contribution < 1.29 is 4.92 Å². The summed E-state index contributed by atoms with van der Waals surface area (Å²) in [6, 6.07) is 11.2. The van der Waals surface area contributed by atoms with Crippen LogP contribution in [0.4, 0.5) is 5.69 Å². The zero-order chi connectivity index (χ0) is 16.1. The van der Waals surface area contributed by atoms with Crippen molar-refractivity contribution in [1.29, 1.82) is 0 Å². The van der Waals surface area contributed by atoms with Crippen molar-refractivity contribution >= 4 is 32.2 Å². The molecule has 4 rings (SSSR count). The van der Waals surface area contributed by atoms with Gasteiger partial charge in [-0.05, 0) is 31.5 Å². The lowest BCUT2D eigenvalue weighted by Crippen LogP contribution is -1.87. The minimum atomic E-state index is -0.372. The van der Waals surface area contributed by atoms with E-state index in [4.69, 9.17) is 4.98 Å². The van der Waals surface area contributed by atoms with Gasteiger partial charge in [0, 0.05) is 23.9 Å². The van der Waals surface area contributed by atoms with Gasteiger partial charge in [0.15, 0.2) is 4.96 Å². The Bertz CT molecular complexity index is 1080. The summed E-state index contributed by atoms with van der Waals surface area (Å²) in [4.78, 5) is 16.1. The highest BCUT2D eigenvalue weighted by Gasteiger charge is 2.14. The Morgan fingerprint density at radius 3 is 2.78 bits per heavy atom. The van der Waals surface area contributed by atoms with Crippen LogP contribution in [0.3, 0.4) is 0 Å². The predicted molar refractivity (Wildman–Crippen MR) is 92.1 cm³/mol. The number of rotatable bonds is 2. The van der Waals surface area contributed by atoms with Crippen LogP contribution in [0.2, 0.25) is 0 Å².